The number of pyridine rings is 1. The number of fused-ring (bicyclic) bond motifs is 1. The van der Waals surface area contributed by atoms with Gasteiger partial charge < -0.3 is 10.1 Å². The van der Waals surface area contributed by atoms with Gasteiger partial charge in [0.15, 0.2) is 17.4 Å². The second-order valence-corrected chi connectivity index (χ2v) is 7.04. The second kappa shape index (κ2) is 8.23. The van der Waals surface area contributed by atoms with Crippen molar-refractivity contribution in [3.05, 3.63) is 65.2 Å². The van der Waals surface area contributed by atoms with Gasteiger partial charge in [-0.15, -0.1) is 0 Å². The van der Waals surface area contributed by atoms with E-state index in [1.807, 2.05) is 0 Å². The maximum atomic E-state index is 14.2. The first-order chi connectivity index (χ1) is 14.8. The van der Waals surface area contributed by atoms with E-state index in [4.69, 9.17) is 16.3 Å². The van der Waals surface area contributed by atoms with Crippen molar-refractivity contribution in [2.24, 2.45) is 0 Å². The van der Waals surface area contributed by atoms with Crippen LogP contribution < -0.4 is 15.0 Å². The molecule has 0 saturated carbocycles. The Kier molecular flexibility index (Phi) is 5.47. The molecule has 1 N–H and O–H groups in total. The van der Waals surface area contributed by atoms with Gasteiger partial charge in [-0.25, -0.2) is 23.7 Å². The van der Waals surface area contributed by atoms with Crippen LogP contribution in [0, 0.1) is 11.6 Å². The number of aromatic nitrogens is 3. The first kappa shape index (κ1) is 20.6. The molecule has 1 aliphatic rings. The zero-order valence-corrected chi connectivity index (χ0v) is 16.7. The quantitative estimate of drug-likeness (QED) is 0.665. The second-order valence-electron chi connectivity index (χ2n) is 6.61. The van der Waals surface area contributed by atoms with E-state index < -0.39 is 29.5 Å². The summed E-state index contributed by atoms with van der Waals surface area (Å²) in [6, 6.07) is 5.38. The number of nitrogens with one attached hydrogen (secondary N) is 1. The molecule has 0 radical (unpaired) electrons. The Bertz CT molecular complexity index is 1180. The van der Waals surface area contributed by atoms with Gasteiger partial charge in [0.05, 0.1) is 11.2 Å². The highest BCUT2D eigenvalue weighted by Gasteiger charge is 2.32. The van der Waals surface area contributed by atoms with E-state index in [0.717, 1.165) is 18.3 Å². The summed E-state index contributed by atoms with van der Waals surface area (Å²) in [6.07, 6.45) is 2.20. The largest absolute Gasteiger partial charge is 0.487 e. The summed E-state index contributed by atoms with van der Waals surface area (Å²) >= 11 is 5.92. The summed E-state index contributed by atoms with van der Waals surface area (Å²) in [6.45, 7) is -0.185. The Morgan fingerprint density at radius 2 is 1.97 bits per heavy atom. The number of anilines is 1. The molecule has 0 bridgehead atoms. The van der Waals surface area contributed by atoms with Gasteiger partial charge in [0.25, 0.3) is 11.8 Å². The Labute approximate surface area is 179 Å². The maximum absolute atomic E-state index is 14.2. The van der Waals surface area contributed by atoms with Crippen LogP contribution in [0.15, 0.2) is 42.7 Å². The summed E-state index contributed by atoms with van der Waals surface area (Å²) in [4.78, 5) is 38.4. The fraction of sp³-hybridized carbons (Fsp3) is 0.150. The fourth-order valence-electron chi connectivity index (χ4n) is 2.97. The number of likely N-dealkylation sites (N-methyl/N-ethyl adjacent to an activating group) is 1. The normalized spacial score (nSPS) is 15.7. The first-order valence-corrected chi connectivity index (χ1v) is 9.36. The molecular weight excluding hydrogens is 432 g/mol. The van der Waals surface area contributed by atoms with Crippen molar-refractivity contribution in [2.75, 3.05) is 18.6 Å². The molecule has 0 spiro atoms. The molecule has 3 heterocycles. The molecule has 0 unspecified atom stereocenters. The zero-order valence-electron chi connectivity index (χ0n) is 16.0. The number of nitrogens with zero attached hydrogens (tertiary/aromatic N) is 4. The lowest BCUT2D eigenvalue weighted by atomic mass is 10.1. The number of hydrogen-bond acceptors (Lipinski definition) is 6. The lowest BCUT2D eigenvalue weighted by Gasteiger charge is -2.19. The number of rotatable bonds is 3. The van der Waals surface area contributed by atoms with Gasteiger partial charge >= 0.3 is 0 Å². The van der Waals surface area contributed by atoms with E-state index in [1.54, 1.807) is 0 Å². The molecule has 1 aromatic carbocycles. The Hall–Kier alpha value is -3.66. The van der Waals surface area contributed by atoms with Crippen LogP contribution in [0.5, 0.6) is 5.75 Å². The van der Waals surface area contributed by atoms with Gasteiger partial charge in [0.2, 0.25) is 5.82 Å². The molecule has 8 nitrogen and oxygen atoms in total. The van der Waals surface area contributed by atoms with Gasteiger partial charge in [-0.2, -0.15) is 0 Å². The summed E-state index contributed by atoms with van der Waals surface area (Å²) in [5.41, 5.74) is 0.0920. The third-order valence-corrected chi connectivity index (χ3v) is 4.73. The van der Waals surface area contributed by atoms with Crippen LogP contribution >= 0.6 is 11.6 Å². The average molecular weight is 446 g/mol. The number of ether oxygens (including phenoxy) is 1. The van der Waals surface area contributed by atoms with E-state index in [2.05, 4.69) is 20.3 Å². The zero-order chi connectivity index (χ0) is 22.1. The van der Waals surface area contributed by atoms with Crippen molar-refractivity contribution in [3.63, 3.8) is 0 Å². The van der Waals surface area contributed by atoms with E-state index in [-0.39, 0.29) is 35.3 Å². The van der Waals surface area contributed by atoms with E-state index in [0.29, 0.717) is 5.02 Å². The minimum Gasteiger partial charge on any atom is -0.487 e. The SMILES string of the molecule is CN1C(=O)[C@@H](NC(=O)c2ncc(F)c(-c3ccc(F)cc3)n2)COc2cc(Cl)cnc21. The molecule has 2 aromatic heterocycles. The predicted octanol–water partition coefficient (Wildman–Crippen LogP) is 2.62. The van der Waals surface area contributed by atoms with Crippen LogP contribution in [0.1, 0.15) is 10.6 Å². The molecular formula is C20H14ClF2N5O3. The molecule has 31 heavy (non-hydrogen) atoms. The summed E-state index contributed by atoms with van der Waals surface area (Å²) < 4.78 is 32.9. The molecule has 1 atom stereocenters. The monoisotopic (exact) mass is 445 g/mol. The minimum atomic E-state index is -1.08. The first-order valence-electron chi connectivity index (χ1n) is 8.98. The van der Waals surface area contributed by atoms with Crippen molar-refractivity contribution in [1.29, 1.82) is 0 Å². The van der Waals surface area contributed by atoms with Crippen LogP contribution in [0.2, 0.25) is 5.02 Å². The predicted molar refractivity (Wildman–Crippen MR) is 107 cm³/mol. The number of benzene rings is 1. The van der Waals surface area contributed by atoms with Gasteiger partial charge in [0.1, 0.15) is 24.2 Å². The van der Waals surface area contributed by atoms with Crippen molar-refractivity contribution < 1.29 is 23.1 Å². The molecule has 3 aromatic rings. The van der Waals surface area contributed by atoms with Crippen LogP contribution in [-0.4, -0.2) is 46.5 Å². The van der Waals surface area contributed by atoms with E-state index in [1.165, 1.54) is 36.3 Å². The standard InChI is InChI=1S/C20H14ClF2N5O3/c1-28-18-15(6-11(21)7-25-18)31-9-14(20(28)30)26-19(29)17-24-8-13(23)16(27-17)10-2-4-12(22)5-3-10/h2-8,14H,9H2,1H3,(H,26,29)/t14-/m0/s1. The number of halogens is 3. The lowest BCUT2D eigenvalue weighted by molar-refractivity contribution is -0.120. The average Bonchev–Trinajstić information content (AvgIpc) is 2.86. The molecule has 158 valence electrons. The smallest absolute Gasteiger partial charge is 0.289 e. The minimum absolute atomic E-state index is 0.174. The number of carbonyl (C=O) groups excluding carboxylic acids is 2. The highest BCUT2D eigenvalue weighted by Crippen LogP contribution is 2.30. The van der Waals surface area contributed by atoms with E-state index in [9.17, 15) is 18.4 Å². The summed E-state index contributed by atoms with van der Waals surface area (Å²) in [5.74, 6) is -2.39. The lowest BCUT2D eigenvalue weighted by Crippen LogP contribution is -2.49. The fourth-order valence-corrected chi connectivity index (χ4v) is 3.11. The third-order valence-electron chi connectivity index (χ3n) is 4.52. The summed E-state index contributed by atoms with van der Waals surface area (Å²) in [5, 5.41) is 2.82. The Morgan fingerprint density at radius 3 is 2.71 bits per heavy atom. The van der Waals surface area contributed by atoms with Crippen molar-refractivity contribution in [3.8, 4) is 17.0 Å². The van der Waals surface area contributed by atoms with Crippen LogP contribution in [0.25, 0.3) is 11.3 Å². The molecule has 2 amide bonds. The van der Waals surface area contributed by atoms with Crippen LogP contribution in [-0.2, 0) is 4.79 Å². The highest BCUT2D eigenvalue weighted by molar-refractivity contribution is 6.30. The van der Waals surface area contributed by atoms with E-state index >= 15 is 0 Å². The molecule has 0 fully saturated rings. The van der Waals surface area contributed by atoms with Crippen molar-refractivity contribution in [1.82, 2.24) is 20.3 Å². The van der Waals surface area contributed by atoms with Gasteiger partial charge in [-0.3, -0.25) is 14.5 Å². The molecule has 1 aliphatic heterocycles. The van der Waals surface area contributed by atoms with Crippen molar-refractivity contribution >= 4 is 29.2 Å². The van der Waals surface area contributed by atoms with Gasteiger partial charge in [-0.05, 0) is 24.3 Å². The molecule has 11 heteroatoms. The van der Waals surface area contributed by atoms with Crippen LogP contribution in [0.4, 0.5) is 14.6 Å². The van der Waals surface area contributed by atoms with Gasteiger partial charge in [0, 0.05) is 24.9 Å². The number of hydrogen-bond donors (Lipinski definition) is 1. The van der Waals surface area contributed by atoms with Crippen molar-refractivity contribution in [2.45, 2.75) is 6.04 Å². The Morgan fingerprint density at radius 1 is 1.23 bits per heavy atom. The number of carbonyl (C=O) groups is 2. The highest BCUT2D eigenvalue weighted by atomic mass is 35.5. The number of amides is 2. The molecule has 0 saturated heterocycles. The maximum Gasteiger partial charge on any atom is 0.289 e. The van der Waals surface area contributed by atoms with Gasteiger partial charge in [-0.1, -0.05) is 11.6 Å². The third kappa shape index (κ3) is 4.15. The topological polar surface area (TPSA) is 97.3 Å². The Balaban J connectivity index is 1.56. The van der Waals surface area contributed by atoms with Crippen LogP contribution in [0.3, 0.4) is 0 Å². The molecule has 4 rings (SSSR count). The molecule has 0 aliphatic carbocycles. The summed E-state index contributed by atoms with van der Waals surface area (Å²) in [7, 11) is 1.48.